The van der Waals surface area contributed by atoms with Crippen molar-refractivity contribution in [3.05, 3.63) is 0 Å². The fourth-order valence-corrected chi connectivity index (χ4v) is 3.67. The van der Waals surface area contributed by atoms with Gasteiger partial charge in [0, 0.05) is 6.54 Å². The van der Waals surface area contributed by atoms with Gasteiger partial charge in [-0.05, 0) is 45.3 Å². The van der Waals surface area contributed by atoms with Gasteiger partial charge in [-0.2, -0.15) is 0 Å². The summed E-state index contributed by atoms with van der Waals surface area (Å²) in [6.45, 7) is 17.0. The smallest absolute Gasteiger partial charge is 0.410 e. The van der Waals surface area contributed by atoms with Crippen molar-refractivity contribution < 1.29 is 19.1 Å². The molecule has 130 valence electrons. The van der Waals surface area contributed by atoms with Crippen LogP contribution in [0.15, 0.2) is 0 Å². The van der Waals surface area contributed by atoms with Crippen molar-refractivity contribution in [2.75, 3.05) is 13.2 Å². The van der Waals surface area contributed by atoms with Crippen LogP contribution in [0.2, 0.25) is 18.1 Å². The Kier molecular flexibility index (Phi) is 5.74. The quantitative estimate of drug-likeness (QED) is 0.806. The monoisotopic (exact) mass is 331 g/mol. The number of carbonyl (C=O) groups excluding carboxylic acids is 1. The third-order valence-corrected chi connectivity index (χ3v) is 9.06. The van der Waals surface area contributed by atoms with Gasteiger partial charge in [0.1, 0.15) is 5.60 Å². The fourth-order valence-electron chi connectivity index (χ4n) is 2.28. The van der Waals surface area contributed by atoms with E-state index in [1.165, 1.54) is 0 Å². The molecule has 1 rings (SSSR count). The zero-order valence-corrected chi connectivity index (χ0v) is 16.4. The van der Waals surface area contributed by atoms with Crippen LogP contribution < -0.4 is 0 Å². The first kappa shape index (κ1) is 19.5. The Morgan fingerprint density at radius 2 is 1.77 bits per heavy atom. The van der Waals surface area contributed by atoms with E-state index >= 15 is 0 Å². The molecule has 0 aliphatic carbocycles. The Bertz CT molecular complexity index is 398. The summed E-state index contributed by atoms with van der Waals surface area (Å²) < 4.78 is 11.8. The maximum Gasteiger partial charge on any atom is 0.410 e. The summed E-state index contributed by atoms with van der Waals surface area (Å²) in [4.78, 5) is 13.9. The number of nitrogens with zero attached hydrogens (tertiary/aromatic N) is 1. The number of hydrogen-bond acceptors (Lipinski definition) is 4. The zero-order chi connectivity index (χ0) is 17.3. The molecule has 0 saturated carbocycles. The van der Waals surface area contributed by atoms with Crippen molar-refractivity contribution in [1.29, 1.82) is 0 Å². The highest BCUT2D eigenvalue weighted by Gasteiger charge is 2.45. The van der Waals surface area contributed by atoms with E-state index in [9.17, 15) is 9.90 Å². The summed E-state index contributed by atoms with van der Waals surface area (Å²) in [6.07, 6.45) is 0.267. The van der Waals surface area contributed by atoms with Crippen LogP contribution in [0.3, 0.4) is 0 Å². The number of aliphatic hydroxyl groups is 1. The third kappa shape index (κ3) is 4.70. The van der Waals surface area contributed by atoms with E-state index in [0.29, 0.717) is 6.54 Å². The van der Waals surface area contributed by atoms with Crippen molar-refractivity contribution in [3.8, 4) is 0 Å². The van der Waals surface area contributed by atoms with Gasteiger partial charge in [-0.15, -0.1) is 0 Å². The average molecular weight is 332 g/mol. The maximum atomic E-state index is 12.3. The minimum atomic E-state index is -1.93. The first-order valence-electron chi connectivity index (χ1n) is 8.07. The molecule has 1 saturated heterocycles. The number of rotatable bonds is 3. The van der Waals surface area contributed by atoms with Gasteiger partial charge in [-0.3, -0.25) is 0 Å². The molecule has 6 heteroatoms. The van der Waals surface area contributed by atoms with E-state index in [1.54, 1.807) is 4.90 Å². The SMILES string of the molecule is CC(C)(C)OC(=O)N1CC[C@@H](O[Si](C)(C)C(C)(C)C)[C@H]1CO. The number of ether oxygens (including phenoxy) is 1. The average Bonchev–Trinajstić information content (AvgIpc) is 2.67. The van der Waals surface area contributed by atoms with E-state index < -0.39 is 13.9 Å². The lowest BCUT2D eigenvalue weighted by Gasteiger charge is -2.40. The standard InChI is InChI=1S/C16H33NO4Si/c1-15(2,3)20-14(19)17-10-9-13(12(17)11-18)21-22(7,8)16(4,5)6/h12-13,18H,9-11H2,1-8H3/t12-,13-/m1/s1. The third-order valence-electron chi connectivity index (χ3n) is 4.55. The number of likely N-dealkylation sites (tertiary alicyclic amines) is 1. The molecule has 5 nitrogen and oxygen atoms in total. The first-order valence-corrected chi connectivity index (χ1v) is 11.0. The van der Waals surface area contributed by atoms with Crippen LogP contribution in [-0.2, 0) is 9.16 Å². The second-order valence-corrected chi connectivity index (χ2v) is 13.4. The topological polar surface area (TPSA) is 59.0 Å². The van der Waals surface area contributed by atoms with Crippen LogP contribution in [0.1, 0.15) is 48.0 Å². The molecule has 0 aromatic heterocycles. The molecule has 0 spiro atoms. The number of aliphatic hydroxyl groups excluding tert-OH is 1. The highest BCUT2D eigenvalue weighted by molar-refractivity contribution is 6.74. The van der Waals surface area contributed by atoms with Gasteiger partial charge in [0.2, 0.25) is 0 Å². The highest BCUT2D eigenvalue weighted by Crippen LogP contribution is 2.39. The minimum Gasteiger partial charge on any atom is -0.444 e. The predicted octanol–water partition coefficient (Wildman–Crippen LogP) is 3.38. The van der Waals surface area contributed by atoms with E-state index in [-0.39, 0.29) is 29.9 Å². The number of carbonyl (C=O) groups is 1. The molecule has 0 aromatic rings. The first-order chi connectivity index (χ1) is 9.78. The Labute approximate surface area is 136 Å². The molecule has 1 heterocycles. The summed E-state index contributed by atoms with van der Waals surface area (Å²) in [5, 5.41) is 9.84. The molecule has 0 bridgehead atoms. The van der Waals surface area contributed by atoms with Crippen LogP contribution in [0.25, 0.3) is 0 Å². The summed E-state index contributed by atoms with van der Waals surface area (Å²) in [7, 11) is -1.93. The van der Waals surface area contributed by atoms with Gasteiger partial charge in [0.15, 0.2) is 8.32 Å². The van der Waals surface area contributed by atoms with Crippen molar-refractivity contribution in [1.82, 2.24) is 4.90 Å². The van der Waals surface area contributed by atoms with Crippen LogP contribution in [0.5, 0.6) is 0 Å². The molecule has 22 heavy (non-hydrogen) atoms. The lowest BCUT2D eigenvalue weighted by atomic mass is 10.2. The molecule has 2 atom stereocenters. The lowest BCUT2D eigenvalue weighted by Crippen LogP contribution is -2.50. The summed E-state index contributed by atoms with van der Waals surface area (Å²) in [5.74, 6) is 0. The normalized spacial score (nSPS) is 23.8. The highest BCUT2D eigenvalue weighted by atomic mass is 28.4. The number of amides is 1. The van der Waals surface area contributed by atoms with Crippen LogP contribution >= 0.6 is 0 Å². The second-order valence-electron chi connectivity index (χ2n) is 8.63. The van der Waals surface area contributed by atoms with Gasteiger partial charge < -0.3 is 19.2 Å². The molecule has 0 radical (unpaired) electrons. The van der Waals surface area contributed by atoms with Gasteiger partial charge in [0.25, 0.3) is 0 Å². The van der Waals surface area contributed by atoms with Crippen molar-refractivity contribution >= 4 is 14.4 Å². The Morgan fingerprint density at radius 3 is 2.18 bits per heavy atom. The Balaban J connectivity index is 2.80. The fraction of sp³-hybridized carbons (Fsp3) is 0.938. The van der Waals surface area contributed by atoms with Crippen molar-refractivity contribution in [2.45, 2.75) is 83.8 Å². The largest absolute Gasteiger partial charge is 0.444 e. The van der Waals surface area contributed by atoms with E-state index in [1.807, 2.05) is 20.8 Å². The summed E-state index contributed by atoms with van der Waals surface area (Å²) >= 11 is 0. The zero-order valence-electron chi connectivity index (χ0n) is 15.4. The van der Waals surface area contributed by atoms with Crippen LogP contribution in [0.4, 0.5) is 4.79 Å². The van der Waals surface area contributed by atoms with Gasteiger partial charge in [-0.25, -0.2) is 4.79 Å². The van der Waals surface area contributed by atoms with Crippen molar-refractivity contribution in [3.63, 3.8) is 0 Å². The van der Waals surface area contributed by atoms with E-state index in [4.69, 9.17) is 9.16 Å². The molecule has 1 aliphatic rings. The summed E-state index contributed by atoms with van der Waals surface area (Å²) in [5.41, 5.74) is -0.532. The minimum absolute atomic E-state index is 0.0987. The Hall–Kier alpha value is -0.593. The molecular weight excluding hydrogens is 298 g/mol. The molecule has 1 amide bonds. The molecule has 1 aliphatic heterocycles. The summed E-state index contributed by atoms with van der Waals surface area (Å²) in [6, 6.07) is -0.316. The van der Waals surface area contributed by atoms with Gasteiger partial charge in [-0.1, -0.05) is 20.8 Å². The van der Waals surface area contributed by atoms with Crippen LogP contribution in [-0.4, -0.2) is 55.3 Å². The lowest BCUT2D eigenvalue weighted by molar-refractivity contribution is 0.00791. The van der Waals surface area contributed by atoms with Crippen molar-refractivity contribution in [2.24, 2.45) is 0 Å². The molecule has 0 aromatic carbocycles. The molecule has 1 N–H and O–H groups in total. The predicted molar refractivity (Wildman–Crippen MR) is 90.5 cm³/mol. The van der Waals surface area contributed by atoms with E-state index in [0.717, 1.165) is 6.42 Å². The van der Waals surface area contributed by atoms with E-state index in [2.05, 4.69) is 33.9 Å². The molecular formula is C16H33NO4Si. The maximum absolute atomic E-state index is 12.3. The molecule has 0 unspecified atom stereocenters. The molecule has 1 fully saturated rings. The Morgan fingerprint density at radius 1 is 1.23 bits per heavy atom. The number of hydrogen-bond donors (Lipinski definition) is 1. The van der Waals surface area contributed by atoms with Crippen LogP contribution in [0, 0.1) is 0 Å². The van der Waals surface area contributed by atoms with Gasteiger partial charge >= 0.3 is 6.09 Å². The second kappa shape index (κ2) is 6.49. The van der Waals surface area contributed by atoms with Gasteiger partial charge in [0.05, 0.1) is 18.8 Å².